The molecule has 0 aliphatic rings. The summed E-state index contributed by atoms with van der Waals surface area (Å²) in [4.78, 5) is 38.3. The van der Waals surface area contributed by atoms with Crippen molar-refractivity contribution in [3.05, 3.63) is 72.9 Å². The zero-order valence-electron chi connectivity index (χ0n) is 48.4. The lowest BCUT2D eigenvalue weighted by atomic mass is 10.0. The summed E-state index contributed by atoms with van der Waals surface area (Å²) in [7, 11) is 0. The van der Waals surface area contributed by atoms with E-state index in [1.54, 1.807) is 0 Å². The van der Waals surface area contributed by atoms with Gasteiger partial charge < -0.3 is 14.2 Å². The molecule has 0 heterocycles. The second kappa shape index (κ2) is 61.4. The van der Waals surface area contributed by atoms with E-state index >= 15 is 0 Å². The number of allylic oxidation sites excluding steroid dienone is 12. The molecule has 0 aromatic rings. The Bertz CT molecular complexity index is 1360. The van der Waals surface area contributed by atoms with Crippen molar-refractivity contribution in [1.29, 1.82) is 0 Å². The van der Waals surface area contributed by atoms with Crippen LogP contribution in [0.1, 0.15) is 316 Å². The molecular weight excluding hydrogens is 901 g/mol. The summed E-state index contributed by atoms with van der Waals surface area (Å²) in [6.45, 7) is 6.53. The summed E-state index contributed by atoms with van der Waals surface area (Å²) in [5, 5.41) is 0. The highest BCUT2D eigenvalue weighted by molar-refractivity contribution is 5.71. The zero-order chi connectivity index (χ0) is 52.9. The molecule has 73 heavy (non-hydrogen) atoms. The molecule has 0 saturated carbocycles. The van der Waals surface area contributed by atoms with Gasteiger partial charge >= 0.3 is 17.9 Å². The molecule has 0 rings (SSSR count). The Morgan fingerprint density at radius 3 is 0.863 bits per heavy atom. The Labute approximate surface area is 453 Å². The highest BCUT2D eigenvalue weighted by Gasteiger charge is 2.19. The van der Waals surface area contributed by atoms with Crippen molar-refractivity contribution < 1.29 is 28.6 Å². The summed E-state index contributed by atoms with van der Waals surface area (Å²) < 4.78 is 16.9. The van der Waals surface area contributed by atoms with Gasteiger partial charge in [0, 0.05) is 19.3 Å². The molecule has 0 aromatic heterocycles. The van der Waals surface area contributed by atoms with Crippen molar-refractivity contribution in [2.45, 2.75) is 322 Å². The molecule has 422 valence electrons. The average Bonchev–Trinajstić information content (AvgIpc) is 3.39. The van der Waals surface area contributed by atoms with Gasteiger partial charge in [-0.2, -0.15) is 0 Å². The van der Waals surface area contributed by atoms with Crippen molar-refractivity contribution in [2.75, 3.05) is 13.2 Å². The monoisotopic (exact) mass is 1020 g/mol. The van der Waals surface area contributed by atoms with Crippen molar-refractivity contribution in [3.8, 4) is 0 Å². The first-order chi connectivity index (χ1) is 36.0. The Morgan fingerprint density at radius 1 is 0.288 bits per heavy atom. The maximum Gasteiger partial charge on any atom is 0.306 e. The predicted molar refractivity (Wildman–Crippen MR) is 316 cm³/mol. The van der Waals surface area contributed by atoms with Crippen LogP contribution in [0.4, 0.5) is 0 Å². The molecule has 0 fully saturated rings. The van der Waals surface area contributed by atoms with Crippen LogP contribution in [0, 0.1) is 0 Å². The largest absolute Gasteiger partial charge is 0.462 e. The van der Waals surface area contributed by atoms with E-state index in [-0.39, 0.29) is 31.1 Å². The number of carbonyl (C=O) groups is 3. The fourth-order valence-corrected chi connectivity index (χ4v) is 9.00. The Balaban J connectivity index is 4.30. The predicted octanol–water partition coefficient (Wildman–Crippen LogP) is 21.3. The molecule has 0 radical (unpaired) electrons. The molecular formula is C67H118O6. The summed E-state index contributed by atoms with van der Waals surface area (Å²) in [6, 6.07) is 0. The van der Waals surface area contributed by atoms with Crippen LogP contribution in [-0.4, -0.2) is 37.2 Å². The van der Waals surface area contributed by atoms with Crippen molar-refractivity contribution in [3.63, 3.8) is 0 Å². The van der Waals surface area contributed by atoms with E-state index in [0.717, 1.165) is 109 Å². The van der Waals surface area contributed by atoms with Gasteiger partial charge in [0.05, 0.1) is 0 Å². The number of rotatable bonds is 57. The van der Waals surface area contributed by atoms with Crippen LogP contribution in [0.25, 0.3) is 0 Å². The Hall–Kier alpha value is -3.15. The van der Waals surface area contributed by atoms with Crippen LogP contribution in [0.15, 0.2) is 72.9 Å². The van der Waals surface area contributed by atoms with Crippen LogP contribution in [0.3, 0.4) is 0 Å². The second-order valence-corrected chi connectivity index (χ2v) is 20.9. The highest BCUT2D eigenvalue weighted by Crippen LogP contribution is 2.17. The van der Waals surface area contributed by atoms with E-state index < -0.39 is 6.10 Å². The summed E-state index contributed by atoms with van der Waals surface area (Å²) in [5.41, 5.74) is 0. The minimum atomic E-state index is -0.782. The molecule has 0 spiro atoms. The topological polar surface area (TPSA) is 78.9 Å². The van der Waals surface area contributed by atoms with Gasteiger partial charge in [0.2, 0.25) is 0 Å². The van der Waals surface area contributed by atoms with Crippen molar-refractivity contribution in [1.82, 2.24) is 0 Å². The third-order valence-corrected chi connectivity index (χ3v) is 13.7. The molecule has 0 aromatic carbocycles. The maximum atomic E-state index is 12.9. The van der Waals surface area contributed by atoms with Gasteiger partial charge in [0.25, 0.3) is 0 Å². The molecule has 0 aliphatic heterocycles. The molecule has 0 N–H and O–H groups in total. The number of unbranched alkanes of at least 4 members (excludes halogenated alkanes) is 34. The second-order valence-electron chi connectivity index (χ2n) is 20.9. The van der Waals surface area contributed by atoms with Crippen LogP contribution in [0.5, 0.6) is 0 Å². The maximum absolute atomic E-state index is 12.9. The van der Waals surface area contributed by atoms with Gasteiger partial charge in [-0.15, -0.1) is 0 Å². The smallest absolute Gasteiger partial charge is 0.306 e. The van der Waals surface area contributed by atoms with E-state index in [1.807, 2.05) is 0 Å². The molecule has 1 unspecified atom stereocenters. The summed E-state index contributed by atoms with van der Waals surface area (Å²) in [6.07, 6.45) is 79.0. The summed E-state index contributed by atoms with van der Waals surface area (Å²) in [5.74, 6) is -0.879. The van der Waals surface area contributed by atoms with E-state index in [1.165, 1.54) is 167 Å². The molecule has 0 aliphatic carbocycles. The first-order valence-electron chi connectivity index (χ1n) is 31.4. The fraction of sp³-hybridized carbons (Fsp3) is 0.776. The lowest BCUT2D eigenvalue weighted by Crippen LogP contribution is -2.30. The first kappa shape index (κ1) is 69.8. The van der Waals surface area contributed by atoms with Crippen LogP contribution >= 0.6 is 0 Å². The zero-order valence-corrected chi connectivity index (χ0v) is 48.4. The molecule has 0 bridgehead atoms. The number of carbonyl (C=O) groups excluding carboxylic acids is 3. The fourth-order valence-electron chi connectivity index (χ4n) is 9.00. The van der Waals surface area contributed by atoms with Crippen LogP contribution < -0.4 is 0 Å². The number of ether oxygens (including phenoxy) is 3. The van der Waals surface area contributed by atoms with Gasteiger partial charge in [-0.1, -0.05) is 280 Å². The average molecular weight is 1020 g/mol. The van der Waals surface area contributed by atoms with Gasteiger partial charge in [0.15, 0.2) is 6.10 Å². The third kappa shape index (κ3) is 59.6. The quantitative estimate of drug-likeness (QED) is 0.0261. The lowest BCUT2D eigenvalue weighted by Gasteiger charge is -2.18. The summed E-state index contributed by atoms with van der Waals surface area (Å²) >= 11 is 0. The molecule has 6 heteroatoms. The van der Waals surface area contributed by atoms with Crippen LogP contribution in [-0.2, 0) is 28.6 Å². The molecule has 1 atom stereocenters. The SMILES string of the molecule is CC/C=C\C/C=C\C/C=C\C/C=C\CCCCCCCCCCCCCCC(=O)OCC(COC(=O)CCCCCCCCCCCCCCCCC)OC(=O)CCCCCCC/C=C\C/C=C\CCCCC. The minimum Gasteiger partial charge on any atom is -0.462 e. The third-order valence-electron chi connectivity index (χ3n) is 13.7. The van der Waals surface area contributed by atoms with Gasteiger partial charge in [0.1, 0.15) is 13.2 Å². The van der Waals surface area contributed by atoms with E-state index in [9.17, 15) is 14.4 Å². The number of hydrogen-bond donors (Lipinski definition) is 0. The Morgan fingerprint density at radius 2 is 0.534 bits per heavy atom. The van der Waals surface area contributed by atoms with E-state index in [2.05, 4.69) is 93.7 Å². The molecule has 0 saturated heterocycles. The molecule has 0 amide bonds. The minimum absolute atomic E-state index is 0.0779. The van der Waals surface area contributed by atoms with Crippen LogP contribution in [0.2, 0.25) is 0 Å². The van der Waals surface area contributed by atoms with Crippen molar-refractivity contribution >= 4 is 17.9 Å². The lowest BCUT2D eigenvalue weighted by molar-refractivity contribution is -0.167. The van der Waals surface area contributed by atoms with Gasteiger partial charge in [-0.05, 0) is 89.9 Å². The van der Waals surface area contributed by atoms with E-state index in [0.29, 0.717) is 19.3 Å². The Kier molecular flexibility index (Phi) is 58.7. The standard InChI is InChI=1S/C67H118O6/c1-4-7-10-13-16-19-22-25-28-29-30-31-32-33-34-35-36-37-40-42-45-48-51-54-57-60-66(69)72-63-64(73-67(70)61-58-55-52-49-46-43-39-27-24-21-18-15-12-9-6-3)62-71-65(68)59-56-53-50-47-44-41-38-26-23-20-17-14-11-8-5-2/h7,10,16,18-19,21,25,27-28,30-31,39,64H,4-6,8-9,11-15,17,20,22-24,26,29,32-38,40-63H2,1-3H3/b10-7-,19-16-,21-18-,28-25-,31-30-,39-27-. The van der Waals surface area contributed by atoms with E-state index in [4.69, 9.17) is 14.2 Å². The van der Waals surface area contributed by atoms with Gasteiger partial charge in [-0.3, -0.25) is 14.4 Å². The number of hydrogen-bond acceptors (Lipinski definition) is 6. The molecule has 6 nitrogen and oxygen atoms in total. The first-order valence-corrected chi connectivity index (χ1v) is 31.4. The number of esters is 3. The highest BCUT2D eigenvalue weighted by atomic mass is 16.6. The van der Waals surface area contributed by atoms with Gasteiger partial charge in [-0.25, -0.2) is 0 Å². The van der Waals surface area contributed by atoms with Crippen molar-refractivity contribution in [2.24, 2.45) is 0 Å². The normalized spacial score (nSPS) is 12.5.